The Labute approximate surface area is 175 Å². The summed E-state index contributed by atoms with van der Waals surface area (Å²) in [4.78, 5) is 35.9. The van der Waals surface area contributed by atoms with Crippen molar-refractivity contribution in [3.63, 3.8) is 0 Å². The monoisotopic (exact) mass is 413 g/mol. The van der Waals surface area contributed by atoms with E-state index < -0.39 is 24.0 Å². The molecule has 2 atom stereocenters. The molecular weight excluding hydrogens is 386 g/mol. The molecule has 8 nitrogen and oxygen atoms in total. The van der Waals surface area contributed by atoms with Crippen molar-refractivity contribution in [2.24, 2.45) is 0 Å². The van der Waals surface area contributed by atoms with Crippen molar-refractivity contribution >= 4 is 17.7 Å². The summed E-state index contributed by atoms with van der Waals surface area (Å²) in [6, 6.07) is 15.5. The van der Waals surface area contributed by atoms with Crippen LogP contribution in [-0.2, 0) is 14.4 Å². The van der Waals surface area contributed by atoms with Crippen molar-refractivity contribution < 1.29 is 23.9 Å². The van der Waals surface area contributed by atoms with Gasteiger partial charge in [0.2, 0.25) is 11.8 Å². The van der Waals surface area contributed by atoms with Gasteiger partial charge in [0.05, 0.1) is 19.1 Å². The van der Waals surface area contributed by atoms with Crippen LogP contribution >= 0.6 is 0 Å². The summed E-state index contributed by atoms with van der Waals surface area (Å²) in [6.07, 6.45) is -0.860. The van der Waals surface area contributed by atoms with Crippen molar-refractivity contribution in [3.8, 4) is 11.5 Å². The highest BCUT2D eigenvalue weighted by Gasteiger charge is 2.19. The van der Waals surface area contributed by atoms with Crippen LogP contribution in [0, 0.1) is 0 Å². The van der Waals surface area contributed by atoms with Gasteiger partial charge >= 0.3 is 0 Å². The summed E-state index contributed by atoms with van der Waals surface area (Å²) in [6.45, 7) is 5.41. The molecule has 2 aromatic rings. The molecule has 0 aliphatic carbocycles. The van der Waals surface area contributed by atoms with Crippen molar-refractivity contribution in [1.29, 1.82) is 0 Å². The summed E-state index contributed by atoms with van der Waals surface area (Å²) in [5.74, 6) is 0.00824. The molecule has 30 heavy (non-hydrogen) atoms. The maximum Gasteiger partial charge on any atom is 0.279 e. The molecule has 0 heterocycles. The molecule has 0 radical (unpaired) electrons. The summed E-state index contributed by atoms with van der Waals surface area (Å²) in [5.41, 5.74) is 5.50. The molecular formula is C22H27N3O5. The van der Waals surface area contributed by atoms with Gasteiger partial charge in [-0.15, -0.1) is 0 Å². The number of hydrogen-bond acceptors (Lipinski definition) is 5. The third kappa shape index (κ3) is 7.46. The van der Waals surface area contributed by atoms with Gasteiger partial charge in [0.25, 0.3) is 5.91 Å². The van der Waals surface area contributed by atoms with Crippen LogP contribution in [0.3, 0.4) is 0 Å². The van der Waals surface area contributed by atoms with Gasteiger partial charge in [0, 0.05) is 6.92 Å². The van der Waals surface area contributed by atoms with Crippen LogP contribution in [0.25, 0.3) is 0 Å². The van der Waals surface area contributed by atoms with E-state index in [1.165, 1.54) is 6.92 Å². The zero-order valence-corrected chi connectivity index (χ0v) is 17.3. The standard InChI is InChI=1S/C22H27N3O5/c1-4-29-18-10-12-19(13-11-18)30-15(2)22(28)25-24-21(27)14-20(23-16(3)26)17-8-6-5-7-9-17/h5-13,15,20H,4,14H2,1-3H3,(H,23,26)(H,24,27)(H,25,28)/t15-,20+/m0/s1. The smallest absolute Gasteiger partial charge is 0.279 e. The van der Waals surface area contributed by atoms with Crippen molar-refractivity contribution in [3.05, 3.63) is 60.2 Å². The highest BCUT2D eigenvalue weighted by atomic mass is 16.5. The molecule has 0 unspecified atom stereocenters. The van der Waals surface area contributed by atoms with Gasteiger partial charge in [-0.1, -0.05) is 30.3 Å². The topological polar surface area (TPSA) is 106 Å². The Morgan fingerprint density at radius 3 is 2.17 bits per heavy atom. The van der Waals surface area contributed by atoms with Gasteiger partial charge in [-0.2, -0.15) is 0 Å². The fourth-order valence-electron chi connectivity index (χ4n) is 2.69. The average molecular weight is 413 g/mol. The lowest BCUT2D eigenvalue weighted by Gasteiger charge is -2.19. The Morgan fingerprint density at radius 1 is 0.933 bits per heavy atom. The highest BCUT2D eigenvalue weighted by molar-refractivity contribution is 5.85. The Balaban J connectivity index is 1.84. The number of carbonyl (C=O) groups excluding carboxylic acids is 3. The lowest BCUT2D eigenvalue weighted by molar-refractivity contribution is -0.133. The number of rotatable bonds is 9. The molecule has 0 saturated carbocycles. The number of ether oxygens (including phenoxy) is 2. The number of nitrogens with one attached hydrogen (secondary N) is 3. The molecule has 2 aromatic carbocycles. The Bertz CT molecular complexity index is 840. The fourth-order valence-corrected chi connectivity index (χ4v) is 2.69. The van der Waals surface area contributed by atoms with Crippen LogP contribution in [-0.4, -0.2) is 30.4 Å². The maximum atomic E-state index is 12.3. The van der Waals surface area contributed by atoms with Gasteiger partial charge in [-0.05, 0) is 43.7 Å². The van der Waals surface area contributed by atoms with Gasteiger partial charge in [0.1, 0.15) is 11.5 Å². The van der Waals surface area contributed by atoms with Crippen LogP contribution in [0.2, 0.25) is 0 Å². The lowest BCUT2D eigenvalue weighted by atomic mass is 10.0. The predicted molar refractivity (Wildman–Crippen MR) is 112 cm³/mol. The summed E-state index contributed by atoms with van der Waals surface area (Å²) in [5, 5.41) is 2.74. The molecule has 0 saturated heterocycles. The Morgan fingerprint density at radius 2 is 1.57 bits per heavy atom. The number of hydrogen-bond donors (Lipinski definition) is 3. The minimum absolute atomic E-state index is 0.0298. The van der Waals surface area contributed by atoms with Crippen LogP contribution < -0.4 is 25.6 Å². The largest absolute Gasteiger partial charge is 0.494 e. The first-order valence-corrected chi connectivity index (χ1v) is 9.69. The molecule has 2 rings (SSSR count). The third-order valence-corrected chi connectivity index (χ3v) is 4.11. The predicted octanol–water partition coefficient (Wildman–Crippen LogP) is 2.27. The van der Waals surface area contributed by atoms with E-state index in [1.807, 2.05) is 37.3 Å². The normalized spacial score (nSPS) is 12.2. The van der Waals surface area contributed by atoms with Gasteiger partial charge in [0.15, 0.2) is 6.10 Å². The third-order valence-electron chi connectivity index (χ3n) is 4.11. The molecule has 0 bridgehead atoms. The first kappa shape index (κ1) is 22.7. The summed E-state index contributed by atoms with van der Waals surface area (Å²) < 4.78 is 10.9. The van der Waals surface area contributed by atoms with E-state index in [9.17, 15) is 14.4 Å². The van der Waals surface area contributed by atoms with Crippen molar-refractivity contribution in [2.45, 2.75) is 39.3 Å². The second kappa shape index (κ2) is 11.5. The molecule has 0 aromatic heterocycles. The molecule has 3 amide bonds. The van der Waals surface area contributed by atoms with E-state index in [-0.39, 0.29) is 12.3 Å². The minimum Gasteiger partial charge on any atom is -0.494 e. The first-order valence-electron chi connectivity index (χ1n) is 9.69. The zero-order chi connectivity index (χ0) is 21.9. The molecule has 3 N–H and O–H groups in total. The Kier molecular flexibility index (Phi) is 8.68. The zero-order valence-electron chi connectivity index (χ0n) is 17.3. The molecule has 0 aliphatic heterocycles. The quantitative estimate of drug-likeness (QED) is 0.547. The van der Waals surface area contributed by atoms with Crippen molar-refractivity contribution in [2.75, 3.05) is 6.61 Å². The van der Waals surface area contributed by atoms with E-state index in [4.69, 9.17) is 9.47 Å². The fraction of sp³-hybridized carbons (Fsp3) is 0.318. The van der Waals surface area contributed by atoms with E-state index >= 15 is 0 Å². The molecule has 0 spiro atoms. The molecule has 0 fully saturated rings. The second-order valence-corrected chi connectivity index (χ2v) is 6.57. The molecule has 8 heteroatoms. The van der Waals surface area contributed by atoms with E-state index in [2.05, 4.69) is 16.2 Å². The SMILES string of the molecule is CCOc1ccc(O[C@@H](C)C(=O)NNC(=O)C[C@@H](NC(C)=O)c2ccccc2)cc1. The van der Waals surface area contributed by atoms with E-state index in [0.717, 1.165) is 5.56 Å². The van der Waals surface area contributed by atoms with Crippen LogP contribution in [0.15, 0.2) is 54.6 Å². The maximum absolute atomic E-state index is 12.3. The van der Waals surface area contributed by atoms with Gasteiger partial charge in [-0.25, -0.2) is 0 Å². The van der Waals surface area contributed by atoms with Gasteiger partial charge in [-0.3, -0.25) is 25.2 Å². The lowest BCUT2D eigenvalue weighted by Crippen LogP contribution is -2.48. The van der Waals surface area contributed by atoms with Crippen LogP contribution in [0.1, 0.15) is 38.8 Å². The molecule has 160 valence electrons. The summed E-state index contributed by atoms with van der Waals surface area (Å²) >= 11 is 0. The number of carbonyl (C=O) groups is 3. The number of benzene rings is 2. The second-order valence-electron chi connectivity index (χ2n) is 6.57. The number of amides is 3. The van der Waals surface area contributed by atoms with Crippen molar-refractivity contribution in [1.82, 2.24) is 16.2 Å². The van der Waals surface area contributed by atoms with Gasteiger partial charge < -0.3 is 14.8 Å². The minimum atomic E-state index is -0.830. The first-order chi connectivity index (χ1) is 14.4. The highest BCUT2D eigenvalue weighted by Crippen LogP contribution is 2.19. The Hall–Kier alpha value is -3.55. The average Bonchev–Trinajstić information content (AvgIpc) is 2.73. The summed E-state index contributed by atoms with van der Waals surface area (Å²) in [7, 11) is 0. The van der Waals surface area contributed by atoms with E-state index in [0.29, 0.717) is 18.1 Å². The van der Waals surface area contributed by atoms with Crippen LogP contribution in [0.4, 0.5) is 0 Å². The molecule has 0 aliphatic rings. The number of hydrazine groups is 1. The van der Waals surface area contributed by atoms with Crippen LogP contribution in [0.5, 0.6) is 11.5 Å². The van der Waals surface area contributed by atoms with E-state index in [1.54, 1.807) is 31.2 Å².